The molecule has 3 aromatic carbocycles. The van der Waals surface area contributed by atoms with Gasteiger partial charge in [0, 0.05) is 12.1 Å². The molecule has 26 heavy (non-hydrogen) atoms. The molecule has 0 bridgehead atoms. The van der Waals surface area contributed by atoms with Crippen LogP contribution in [0.1, 0.15) is 5.56 Å². The molecular weight excluding hydrogens is 347 g/mol. The summed E-state index contributed by atoms with van der Waals surface area (Å²) >= 11 is 0. The van der Waals surface area contributed by atoms with Crippen LogP contribution in [0.5, 0.6) is 11.5 Å². The van der Waals surface area contributed by atoms with Crippen LogP contribution in [0, 0.1) is 10.1 Å². The summed E-state index contributed by atoms with van der Waals surface area (Å²) in [6.07, 6.45) is -4.77. The van der Waals surface area contributed by atoms with Crippen LogP contribution in [0.4, 0.5) is 18.9 Å². The smallest absolute Gasteiger partial charge is 0.420 e. The fourth-order valence-corrected chi connectivity index (χ4v) is 2.42. The third-order valence-electron chi connectivity index (χ3n) is 3.67. The third kappa shape index (κ3) is 3.83. The number of hydrogen-bond acceptors (Lipinski definition) is 3. The molecule has 0 unspecified atom stereocenters. The molecule has 0 heterocycles. The van der Waals surface area contributed by atoms with Crippen molar-refractivity contribution in [2.75, 3.05) is 0 Å². The average Bonchev–Trinajstić information content (AvgIpc) is 2.62. The Hall–Kier alpha value is -3.35. The number of alkyl halides is 3. The zero-order valence-corrected chi connectivity index (χ0v) is 13.2. The molecule has 0 radical (unpaired) electrons. The highest BCUT2D eigenvalue weighted by Gasteiger charge is 2.36. The first-order valence-corrected chi connectivity index (χ1v) is 7.53. The fourth-order valence-electron chi connectivity index (χ4n) is 2.42. The Morgan fingerprint density at radius 2 is 1.46 bits per heavy atom. The molecule has 4 nitrogen and oxygen atoms in total. The second-order valence-electron chi connectivity index (χ2n) is 5.43. The van der Waals surface area contributed by atoms with Crippen LogP contribution in [-0.4, -0.2) is 4.92 Å². The predicted molar refractivity (Wildman–Crippen MR) is 90.1 cm³/mol. The van der Waals surface area contributed by atoms with Crippen molar-refractivity contribution in [2.45, 2.75) is 6.18 Å². The van der Waals surface area contributed by atoms with Gasteiger partial charge in [0.05, 0.1) is 4.92 Å². The molecule has 0 aromatic heterocycles. The Labute approximate surface area is 146 Å². The monoisotopic (exact) mass is 359 g/mol. The van der Waals surface area contributed by atoms with E-state index in [4.69, 9.17) is 4.74 Å². The zero-order valence-electron chi connectivity index (χ0n) is 13.2. The van der Waals surface area contributed by atoms with Gasteiger partial charge in [-0.25, -0.2) is 0 Å². The van der Waals surface area contributed by atoms with Crippen molar-refractivity contribution in [2.24, 2.45) is 0 Å². The number of nitro benzene ring substituents is 1. The Morgan fingerprint density at radius 3 is 2.04 bits per heavy atom. The van der Waals surface area contributed by atoms with Crippen molar-refractivity contribution in [3.8, 4) is 22.6 Å². The molecule has 0 fully saturated rings. The van der Waals surface area contributed by atoms with Crippen molar-refractivity contribution in [1.82, 2.24) is 0 Å². The van der Waals surface area contributed by atoms with Gasteiger partial charge in [0.1, 0.15) is 17.1 Å². The molecule has 0 aliphatic carbocycles. The summed E-state index contributed by atoms with van der Waals surface area (Å²) in [7, 11) is 0. The third-order valence-corrected chi connectivity index (χ3v) is 3.67. The Bertz CT molecular complexity index is 923. The van der Waals surface area contributed by atoms with Crippen molar-refractivity contribution in [3.63, 3.8) is 0 Å². The first kappa shape index (κ1) is 17.5. The van der Waals surface area contributed by atoms with E-state index in [1.54, 1.807) is 24.3 Å². The maximum Gasteiger partial charge on any atom is 0.420 e. The lowest BCUT2D eigenvalue weighted by atomic mass is 10.1. The van der Waals surface area contributed by atoms with Crippen molar-refractivity contribution in [1.29, 1.82) is 0 Å². The number of hydrogen-bond donors (Lipinski definition) is 0. The largest absolute Gasteiger partial charge is 0.457 e. The molecule has 0 aliphatic heterocycles. The Kier molecular flexibility index (Phi) is 4.62. The summed E-state index contributed by atoms with van der Waals surface area (Å²) in [5.74, 6) is -0.292. The summed E-state index contributed by atoms with van der Waals surface area (Å²) in [5, 5.41) is 10.7. The van der Waals surface area contributed by atoms with Gasteiger partial charge in [0.2, 0.25) is 0 Å². The molecule has 132 valence electrons. The minimum absolute atomic E-state index is 0.198. The first-order chi connectivity index (χ1) is 12.3. The lowest BCUT2D eigenvalue weighted by molar-refractivity contribution is -0.385. The average molecular weight is 359 g/mol. The molecule has 3 aromatic rings. The quantitative estimate of drug-likeness (QED) is 0.419. The second-order valence-corrected chi connectivity index (χ2v) is 5.43. The van der Waals surface area contributed by atoms with E-state index in [0.29, 0.717) is 6.07 Å². The number of rotatable bonds is 4. The number of benzene rings is 3. The molecule has 0 N–H and O–H groups in total. The minimum atomic E-state index is -4.77. The van der Waals surface area contributed by atoms with E-state index in [0.717, 1.165) is 23.3 Å². The summed E-state index contributed by atoms with van der Waals surface area (Å²) in [6, 6.07) is 18.4. The summed E-state index contributed by atoms with van der Waals surface area (Å²) in [6.45, 7) is 0. The molecule has 0 atom stereocenters. The minimum Gasteiger partial charge on any atom is -0.457 e. The van der Waals surface area contributed by atoms with Gasteiger partial charge in [0.25, 0.3) is 5.69 Å². The topological polar surface area (TPSA) is 52.4 Å². The van der Waals surface area contributed by atoms with E-state index in [9.17, 15) is 23.3 Å². The SMILES string of the molecule is O=[N+]([O-])c1ccc(Oc2ccc(-c3ccccc3)cc2)c(C(F)(F)F)c1. The van der Waals surface area contributed by atoms with E-state index in [-0.39, 0.29) is 5.75 Å². The van der Waals surface area contributed by atoms with Crippen LogP contribution in [-0.2, 0) is 6.18 Å². The molecule has 0 amide bonds. The lowest BCUT2D eigenvalue weighted by Gasteiger charge is -2.13. The molecule has 3 rings (SSSR count). The van der Waals surface area contributed by atoms with Gasteiger partial charge in [-0.05, 0) is 29.3 Å². The highest BCUT2D eigenvalue weighted by Crippen LogP contribution is 2.40. The van der Waals surface area contributed by atoms with Crippen LogP contribution >= 0.6 is 0 Å². The van der Waals surface area contributed by atoms with Gasteiger partial charge in [-0.15, -0.1) is 0 Å². The van der Waals surface area contributed by atoms with E-state index in [1.807, 2.05) is 30.3 Å². The number of halogens is 3. The number of nitro groups is 1. The van der Waals surface area contributed by atoms with Gasteiger partial charge < -0.3 is 4.74 Å². The van der Waals surface area contributed by atoms with Crippen molar-refractivity contribution in [3.05, 3.63) is 88.5 Å². The van der Waals surface area contributed by atoms with Crippen LogP contribution in [0.15, 0.2) is 72.8 Å². The first-order valence-electron chi connectivity index (χ1n) is 7.53. The molecule has 0 aliphatic rings. The van der Waals surface area contributed by atoms with Crippen molar-refractivity contribution >= 4 is 5.69 Å². The predicted octanol–water partition coefficient (Wildman–Crippen LogP) is 6.07. The van der Waals surface area contributed by atoms with Crippen LogP contribution in [0.2, 0.25) is 0 Å². The van der Waals surface area contributed by atoms with E-state index >= 15 is 0 Å². The highest BCUT2D eigenvalue weighted by atomic mass is 19.4. The highest BCUT2D eigenvalue weighted by molar-refractivity contribution is 5.64. The molecular formula is C19H12F3NO3. The van der Waals surface area contributed by atoms with Gasteiger partial charge in [-0.2, -0.15) is 13.2 Å². The van der Waals surface area contributed by atoms with Gasteiger partial charge >= 0.3 is 6.18 Å². The van der Waals surface area contributed by atoms with E-state index in [1.165, 1.54) is 0 Å². The molecule has 0 spiro atoms. The molecule has 0 saturated carbocycles. The maximum atomic E-state index is 13.2. The number of nitrogens with zero attached hydrogens (tertiary/aromatic N) is 1. The van der Waals surface area contributed by atoms with Gasteiger partial charge in [0.15, 0.2) is 0 Å². The van der Waals surface area contributed by atoms with Crippen molar-refractivity contribution < 1.29 is 22.8 Å². The molecule has 7 heteroatoms. The second kappa shape index (κ2) is 6.87. The maximum absolute atomic E-state index is 13.2. The fraction of sp³-hybridized carbons (Fsp3) is 0.0526. The summed E-state index contributed by atoms with van der Waals surface area (Å²) < 4.78 is 44.9. The van der Waals surface area contributed by atoms with Crippen LogP contribution in [0.25, 0.3) is 11.1 Å². The Balaban J connectivity index is 1.90. The summed E-state index contributed by atoms with van der Waals surface area (Å²) in [4.78, 5) is 9.84. The number of non-ortho nitro benzene ring substituents is 1. The van der Waals surface area contributed by atoms with Gasteiger partial charge in [-0.3, -0.25) is 10.1 Å². The van der Waals surface area contributed by atoms with Gasteiger partial charge in [-0.1, -0.05) is 42.5 Å². The summed E-state index contributed by atoms with van der Waals surface area (Å²) in [5.41, 5.74) is 0.00555. The number of ether oxygens (including phenoxy) is 1. The van der Waals surface area contributed by atoms with Crippen LogP contribution in [0.3, 0.4) is 0 Å². The standard InChI is InChI=1S/C19H12F3NO3/c20-19(21,22)17-12-15(23(24)25)8-11-18(17)26-16-9-6-14(7-10-16)13-4-2-1-3-5-13/h1-12H. The molecule has 0 saturated heterocycles. The van der Waals surface area contributed by atoms with E-state index < -0.39 is 28.1 Å². The zero-order chi connectivity index (χ0) is 18.7. The van der Waals surface area contributed by atoms with Crippen LogP contribution < -0.4 is 4.74 Å². The Morgan fingerprint density at radius 1 is 0.846 bits per heavy atom. The lowest BCUT2D eigenvalue weighted by Crippen LogP contribution is -2.08. The normalized spacial score (nSPS) is 11.2. The van der Waals surface area contributed by atoms with E-state index in [2.05, 4.69) is 0 Å².